The lowest BCUT2D eigenvalue weighted by atomic mass is 9.84. The second kappa shape index (κ2) is 4.17. The van der Waals surface area contributed by atoms with Crippen LogP contribution in [0.15, 0.2) is 24.3 Å². The van der Waals surface area contributed by atoms with Crippen molar-refractivity contribution in [2.45, 2.75) is 26.4 Å². The van der Waals surface area contributed by atoms with Gasteiger partial charge in [0.2, 0.25) is 0 Å². The van der Waals surface area contributed by atoms with Crippen molar-refractivity contribution in [3.05, 3.63) is 35.4 Å². The molecular weight excluding hydrogens is 215 g/mol. The van der Waals surface area contributed by atoms with Crippen LogP contribution in [-0.4, -0.2) is 6.18 Å². The Morgan fingerprint density at radius 2 is 1.94 bits per heavy atom. The molecule has 1 aromatic carbocycles. The summed E-state index contributed by atoms with van der Waals surface area (Å²) in [7, 11) is 0. The first-order valence-electron chi connectivity index (χ1n) is 4.82. The maximum atomic E-state index is 12.7. The smallest absolute Gasteiger partial charge is 0.197 e. The highest BCUT2D eigenvalue weighted by atomic mass is 19.4. The first kappa shape index (κ1) is 12.6. The summed E-state index contributed by atoms with van der Waals surface area (Å²) in [6.45, 7) is 2.73. The number of hydrogen-bond acceptors (Lipinski definition) is 1. The Bertz CT molecular complexity index is 417. The summed E-state index contributed by atoms with van der Waals surface area (Å²) in [6, 6.07) is 8.13. The van der Waals surface area contributed by atoms with Crippen molar-refractivity contribution >= 4 is 0 Å². The Kier molecular flexibility index (Phi) is 3.27. The number of nitriles is 1. The molecule has 0 radical (unpaired) electrons. The van der Waals surface area contributed by atoms with Crippen LogP contribution in [0.1, 0.15) is 18.1 Å². The van der Waals surface area contributed by atoms with Crippen LogP contribution in [0.5, 0.6) is 0 Å². The molecule has 1 aromatic rings. The van der Waals surface area contributed by atoms with Crippen LogP contribution in [-0.2, 0) is 6.42 Å². The fourth-order valence-corrected chi connectivity index (χ4v) is 1.43. The summed E-state index contributed by atoms with van der Waals surface area (Å²) in [5.74, 6) is 0. The zero-order valence-electron chi connectivity index (χ0n) is 9.10. The molecule has 4 heteroatoms. The third-order valence-electron chi connectivity index (χ3n) is 2.51. The SMILES string of the molecule is Cc1cccc(CC(C)(C#N)C(F)(F)F)c1. The van der Waals surface area contributed by atoms with Gasteiger partial charge in [-0.25, -0.2) is 0 Å². The number of alkyl halides is 3. The number of nitrogens with zero attached hydrogens (tertiary/aromatic N) is 1. The number of benzene rings is 1. The van der Waals surface area contributed by atoms with Gasteiger partial charge in [0.05, 0.1) is 6.07 Å². The summed E-state index contributed by atoms with van der Waals surface area (Å²) >= 11 is 0. The van der Waals surface area contributed by atoms with E-state index in [1.165, 1.54) is 6.07 Å². The van der Waals surface area contributed by atoms with Crippen LogP contribution < -0.4 is 0 Å². The van der Waals surface area contributed by atoms with E-state index in [4.69, 9.17) is 5.26 Å². The van der Waals surface area contributed by atoms with Gasteiger partial charge in [-0.15, -0.1) is 0 Å². The van der Waals surface area contributed by atoms with E-state index in [-0.39, 0.29) is 6.42 Å². The first-order chi connectivity index (χ1) is 7.28. The maximum absolute atomic E-state index is 12.7. The highest BCUT2D eigenvalue weighted by Crippen LogP contribution is 2.40. The fourth-order valence-electron chi connectivity index (χ4n) is 1.43. The molecule has 0 aromatic heterocycles. The molecule has 0 aliphatic heterocycles. The van der Waals surface area contributed by atoms with Gasteiger partial charge in [0.1, 0.15) is 0 Å². The van der Waals surface area contributed by atoms with Crippen LogP contribution >= 0.6 is 0 Å². The molecule has 0 amide bonds. The summed E-state index contributed by atoms with van der Waals surface area (Å²) in [6.07, 6.45) is -4.82. The second-order valence-corrected chi connectivity index (χ2v) is 4.11. The minimum absolute atomic E-state index is 0.311. The molecule has 0 aliphatic rings. The van der Waals surface area contributed by atoms with Crippen molar-refractivity contribution in [3.63, 3.8) is 0 Å². The zero-order valence-corrected chi connectivity index (χ0v) is 9.10. The highest BCUT2D eigenvalue weighted by molar-refractivity contribution is 5.25. The van der Waals surface area contributed by atoms with Gasteiger partial charge < -0.3 is 0 Å². The van der Waals surface area contributed by atoms with E-state index in [9.17, 15) is 13.2 Å². The van der Waals surface area contributed by atoms with Gasteiger partial charge in [0, 0.05) is 0 Å². The van der Waals surface area contributed by atoms with E-state index < -0.39 is 11.6 Å². The largest absolute Gasteiger partial charge is 0.407 e. The van der Waals surface area contributed by atoms with Crippen LogP contribution in [0.2, 0.25) is 0 Å². The van der Waals surface area contributed by atoms with Crippen LogP contribution in [0.4, 0.5) is 13.2 Å². The Hall–Kier alpha value is -1.50. The van der Waals surface area contributed by atoms with Gasteiger partial charge in [-0.2, -0.15) is 18.4 Å². The molecule has 0 bridgehead atoms. The first-order valence-corrected chi connectivity index (χ1v) is 4.82. The fraction of sp³-hybridized carbons (Fsp3) is 0.417. The van der Waals surface area contributed by atoms with Crippen molar-refractivity contribution in [1.29, 1.82) is 5.26 Å². The molecule has 86 valence electrons. The normalized spacial score (nSPS) is 15.2. The Morgan fingerprint density at radius 3 is 2.38 bits per heavy atom. The number of aryl methyl sites for hydroxylation is 1. The predicted octanol–water partition coefficient (Wildman–Crippen LogP) is 3.63. The van der Waals surface area contributed by atoms with E-state index in [0.29, 0.717) is 5.56 Å². The van der Waals surface area contributed by atoms with E-state index in [0.717, 1.165) is 12.5 Å². The second-order valence-electron chi connectivity index (χ2n) is 4.11. The number of halogens is 3. The third kappa shape index (κ3) is 2.54. The Balaban J connectivity index is 3.00. The quantitative estimate of drug-likeness (QED) is 0.756. The molecule has 16 heavy (non-hydrogen) atoms. The topological polar surface area (TPSA) is 23.8 Å². The summed E-state index contributed by atoms with van der Waals surface area (Å²) in [5, 5.41) is 8.68. The van der Waals surface area contributed by atoms with Crippen molar-refractivity contribution in [1.82, 2.24) is 0 Å². The molecule has 1 unspecified atom stereocenters. The van der Waals surface area contributed by atoms with E-state index in [1.54, 1.807) is 31.2 Å². The summed E-state index contributed by atoms with van der Waals surface area (Å²) < 4.78 is 38.0. The Morgan fingerprint density at radius 1 is 1.31 bits per heavy atom. The van der Waals surface area contributed by atoms with Gasteiger partial charge in [-0.1, -0.05) is 29.8 Å². The minimum atomic E-state index is -4.51. The van der Waals surface area contributed by atoms with Gasteiger partial charge in [0.25, 0.3) is 0 Å². The van der Waals surface area contributed by atoms with Crippen LogP contribution in [0, 0.1) is 23.7 Å². The van der Waals surface area contributed by atoms with E-state index in [2.05, 4.69) is 0 Å². The monoisotopic (exact) mass is 227 g/mol. The maximum Gasteiger partial charge on any atom is 0.407 e. The summed E-state index contributed by atoms with van der Waals surface area (Å²) in [5.41, 5.74) is -0.901. The molecular formula is C12H12F3N. The van der Waals surface area contributed by atoms with E-state index >= 15 is 0 Å². The van der Waals surface area contributed by atoms with Crippen molar-refractivity contribution in [3.8, 4) is 6.07 Å². The lowest BCUT2D eigenvalue weighted by molar-refractivity contribution is -0.196. The minimum Gasteiger partial charge on any atom is -0.197 e. The van der Waals surface area contributed by atoms with Crippen LogP contribution in [0.3, 0.4) is 0 Å². The van der Waals surface area contributed by atoms with Gasteiger partial charge >= 0.3 is 6.18 Å². The molecule has 0 N–H and O–H groups in total. The van der Waals surface area contributed by atoms with E-state index in [1.807, 2.05) is 0 Å². The average molecular weight is 227 g/mol. The highest BCUT2D eigenvalue weighted by Gasteiger charge is 2.51. The molecule has 0 aliphatic carbocycles. The summed E-state index contributed by atoms with van der Waals surface area (Å²) in [4.78, 5) is 0. The lowest BCUT2D eigenvalue weighted by Crippen LogP contribution is -2.35. The molecule has 0 spiro atoms. The predicted molar refractivity (Wildman–Crippen MR) is 54.7 cm³/mol. The van der Waals surface area contributed by atoms with Crippen molar-refractivity contribution in [2.75, 3.05) is 0 Å². The van der Waals surface area contributed by atoms with Gasteiger partial charge in [-0.3, -0.25) is 0 Å². The molecule has 0 fully saturated rings. The molecule has 0 saturated carbocycles. The molecule has 1 rings (SSSR count). The lowest BCUT2D eigenvalue weighted by Gasteiger charge is -2.24. The molecule has 1 nitrogen and oxygen atoms in total. The zero-order chi connectivity index (χ0) is 12.4. The molecule has 1 atom stereocenters. The number of rotatable bonds is 2. The van der Waals surface area contributed by atoms with Crippen molar-refractivity contribution in [2.24, 2.45) is 5.41 Å². The number of hydrogen-bond donors (Lipinski definition) is 0. The standard InChI is InChI=1S/C12H12F3N/c1-9-4-3-5-10(6-9)7-11(2,8-16)12(13,14)15/h3-6H,7H2,1-2H3. The molecule has 0 heterocycles. The van der Waals surface area contributed by atoms with Crippen molar-refractivity contribution < 1.29 is 13.2 Å². The van der Waals surface area contributed by atoms with Crippen LogP contribution in [0.25, 0.3) is 0 Å². The third-order valence-corrected chi connectivity index (χ3v) is 2.51. The average Bonchev–Trinajstić information content (AvgIpc) is 2.15. The van der Waals surface area contributed by atoms with Gasteiger partial charge in [0.15, 0.2) is 5.41 Å². The van der Waals surface area contributed by atoms with Gasteiger partial charge in [-0.05, 0) is 25.8 Å². The molecule has 0 saturated heterocycles. The Labute approximate surface area is 92.5 Å².